The van der Waals surface area contributed by atoms with Crippen LogP contribution in [0.25, 0.3) is 10.8 Å². The number of aromatic nitrogens is 2. The van der Waals surface area contributed by atoms with Crippen molar-refractivity contribution in [3.63, 3.8) is 0 Å². The Morgan fingerprint density at radius 1 is 1.24 bits per heavy atom. The minimum absolute atomic E-state index is 0.0383. The predicted molar refractivity (Wildman–Crippen MR) is 137 cm³/mol. The summed E-state index contributed by atoms with van der Waals surface area (Å²) in [6.45, 7) is 5.96. The van der Waals surface area contributed by atoms with Gasteiger partial charge in [0, 0.05) is 38.1 Å². The van der Waals surface area contributed by atoms with Crippen molar-refractivity contribution in [1.29, 1.82) is 0 Å². The molecule has 1 aliphatic rings. The second-order valence-electron chi connectivity index (χ2n) is 9.38. The Hall–Kier alpha value is -3.60. The number of halogens is 3. The van der Waals surface area contributed by atoms with Crippen LogP contribution in [-0.4, -0.2) is 47.9 Å². The van der Waals surface area contributed by atoms with Crippen LogP contribution in [0.3, 0.4) is 0 Å². The fourth-order valence-electron chi connectivity index (χ4n) is 5.04. The van der Waals surface area contributed by atoms with Crippen molar-refractivity contribution >= 4 is 22.5 Å². The molecule has 204 valence electrons. The highest BCUT2D eigenvalue weighted by molar-refractivity contribution is 5.96. The number of ether oxygens (including phenoxy) is 2. The van der Waals surface area contributed by atoms with Gasteiger partial charge in [0.25, 0.3) is 12.0 Å². The SMILES string of the molecule is CCn1nc(N[C@H](C)c2cccc(C(F)F)c2F)c2cc([C@@]3(OC)CCN(C(C)=O)C3)cc(OC)c2c1=O. The first-order valence-electron chi connectivity index (χ1n) is 12.3. The number of hydrogen-bond acceptors (Lipinski definition) is 6. The van der Waals surface area contributed by atoms with Crippen LogP contribution >= 0.6 is 0 Å². The number of aryl methyl sites for hydroxylation is 1. The summed E-state index contributed by atoms with van der Waals surface area (Å²) in [5, 5.41) is 8.26. The van der Waals surface area contributed by atoms with Crippen molar-refractivity contribution < 1.29 is 27.4 Å². The second kappa shape index (κ2) is 10.6. The smallest absolute Gasteiger partial charge is 0.278 e. The van der Waals surface area contributed by atoms with Gasteiger partial charge in [-0.3, -0.25) is 9.59 Å². The summed E-state index contributed by atoms with van der Waals surface area (Å²) in [7, 11) is 3.01. The van der Waals surface area contributed by atoms with Crippen molar-refractivity contribution in [3.8, 4) is 5.75 Å². The topological polar surface area (TPSA) is 85.7 Å². The van der Waals surface area contributed by atoms with Crippen LogP contribution in [0.5, 0.6) is 5.75 Å². The minimum Gasteiger partial charge on any atom is -0.496 e. The van der Waals surface area contributed by atoms with Gasteiger partial charge in [-0.2, -0.15) is 5.10 Å². The molecule has 3 aromatic rings. The number of nitrogens with zero attached hydrogens (tertiary/aromatic N) is 3. The van der Waals surface area contributed by atoms with E-state index in [-0.39, 0.29) is 34.8 Å². The number of alkyl halides is 2. The molecule has 2 atom stereocenters. The molecule has 1 saturated heterocycles. The van der Waals surface area contributed by atoms with Gasteiger partial charge in [-0.05, 0) is 38.0 Å². The van der Waals surface area contributed by atoms with E-state index in [1.54, 1.807) is 38.0 Å². The molecular weight excluding hydrogens is 501 g/mol. The third-order valence-electron chi connectivity index (χ3n) is 7.25. The van der Waals surface area contributed by atoms with Gasteiger partial charge in [0.15, 0.2) is 5.82 Å². The van der Waals surface area contributed by atoms with Crippen molar-refractivity contribution in [2.24, 2.45) is 0 Å². The third kappa shape index (κ3) is 4.70. The van der Waals surface area contributed by atoms with E-state index in [2.05, 4.69) is 10.4 Å². The maximum absolute atomic E-state index is 14.9. The fourth-order valence-corrected chi connectivity index (χ4v) is 5.04. The highest BCUT2D eigenvalue weighted by atomic mass is 19.3. The summed E-state index contributed by atoms with van der Waals surface area (Å²) in [5.74, 6) is -0.522. The lowest BCUT2D eigenvalue weighted by Crippen LogP contribution is -2.35. The number of hydrogen-bond donors (Lipinski definition) is 1. The summed E-state index contributed by atoms with van der Waals surface area (Å²) in [4.78, 5) is 27.0. The van der Waals surface area contributed by atoms with Gasteiger partial charge in [-0.15, -0.1) is 0 Å². The van der Waals surface area contributed by atoms with Crippen LogP contribution in [0.15, 0.2) is 35.1 Å². The summed E-state index contributed by atoms with van der Waals surface area (Å²) < 4.78 is 54.4. The minimum atomic E-state index is -2.96. The first-order valence-corrected chi connectivity index (χ1v) is 12.3. The molecule has 1 fully saturated rings. The Labute approximate surface area is 218 Å². The van der Waals surface area contributed by atoms with Crippen molar-refractivity contribution in [3.05, 3.63) is 63.2 Å². The highest BCUT2D eigenvalue weighted by Crippen LogP contribution is 2.41. The summed E-state index contributed by atoms with van der Waals surface area (Å²) >= 11 is 0. The number of nitrogens with one attached hydrogen (secondary N) is 1. The maximum atomic E-state index is 14.9. The van der Waals surface area contributed by atoms with Crippen LogP contribution < -0.4 is 15.6 Å². The zero-order valence-electron chi connectivity index (χ0n) is 22.0. The van der Waals surface area contributed by atoms with Gasteiger partial charge in [-0.1, -0.05) is 18.2 Å². The highest BCUT2D eigenvalue weighted by Gasteiger charge is 2.42. The Balaban J connectivity index is 1.90. The Kier molecular flexibility index (Phi) is 7.68. The molecule has 0 bridgehead atoms. The molecule has 0 spiro atoms. The average molecular weight is 533 g/mol. The number of methoxy groups -OCH3 is 2. The van der Waals surface area contributed by atoms with Crippen LogP contribution in [0.4, 0.5) is 19.0 Å². The number of fused-ring (bicyclic) bond motifs is 1. The molecule has 2 aromatic carbocycles. The molecular formula is C27H31F3N4O4. The van der Waals surface area contributed by atoms with Crippen LogP contribution in [0, 0.1) is 5.82 Å². The maximum Gasteiger partial charge on any atom is 0.278 e. The second-order valence-corrected chi connectivity index (χ2v) is 9.38. The number of carbonyl (C=O) groups excluding carboxylic acids is 1. The van der Waals surface area contributed by atoms with E-state index in [9.17, 15) is 22.8 Å². The fraction of sp³-hybridized carbons (Fsp3) is 0.444. The first-order chi connectivity index (χ1) is 18.1. The number of amides is 1. The summed E-state index contributed by atoms with van der Waals surface area (Å²) in [6, 6.07) is 6.58. The average Bonchev–Trinajstić information content (AvgIpc) is 3.36. The largest absolute Gasteiger partial charge is 0.496 e. The molecule has 1 aromatic heterocycles. The predicted octanol–water partition coefficient (Wildman–Crippen LogP) is 4.77. The lowest BCUT2D eigenvalue weighted by atomic mass is 9.90. The molecule has 2 heterocycles. The number of carbonyl (C=O) groups is 1. The van der Waals surface area contributed by atoms with Crippen molar-refractivity contribution in [2.45, 2.75) is 51.8 Å². The monoisotopic (exact) mass is 532 g/mol. The zero-order chi connectivity index (χ0) is 27.8. The Morgan fingerprint density at radius 2 is 1.95 bits per heavy atom. The van der Waals surface area contributed by atoms with Gasteiger partial charge in [-0.25, -0.2) is 17.9 Å². The van der Waals surface area contributed by atoms with E-state index in [0.29, 0.717) is 36.2 Å². The van der Waals surface area contributed by atoms with E-state index in [1.807, 2.05) is 0 Å². The molecule has 0 radical (unpaired) electrons. The van der Waals surface area contributed by atoms with E-state index in [0.717, 1.165) is 6.07 Å². The van der Waals surface area contributed by atoms with Crippen molar-refractivity contribution in [1.82, 2.24) is 14.7 Å². The van der Waals surface area contributed by atoms with E-state index in [1.165, 1.54) is 30.8 Å². The summed E-state index contributed by atoms with van der Waals surface area (Å²) in [6.07, 6.45) is -2.43. The molecule has 1 aliphatic heterocycles. The molecule has 11 heteroatoms. The quantitative estimate of drug-likeness (QED) is 0.450. The Bertz CT molecular complexity index is 1430. The molecule has 8 nitrogen and oxygen atoms in total. The van der Waals surface area contributed by atoms with E-state index >= 15 is 0 Å². The normalized spacial score (nSPS) is 18.3. The number of anilines is 1. The Morgan fingerprint density at radius 3 is 2.53 bits per heavy atom. The molecule has 1 amide bonds. The lowest BCUT2D eigenvalue weighted by Gasteiger charge is -2.29. The van der Waals surface area contributed by atoms with Gasteiger partial charge < -0.3 is 19.7 Å². The van der Waals surface area contributed by atoms with Crippen LogP contribution in [0.1, 0.15) is 56.3 Å². The molecule has 0 aliphatic carbocycles. The van der Waals surface area contributed by atoms with Crippen LogP contribution in [-0.2, 0) is 21.7 Å². The van der Waals surface area contributed by atoms with Gasteiger partial charge in [0.2, 0.25) is 5.91 Å². The van der Waals surface area contributed by atoms with Gasteiger partial charge in [0.05, 0.1) is 30.6 Å². The molecule has 4 rings (SSSR count). The van der Waals surface area contributed by atoms with Crippen LogP contribution in [0.2, 0.25) is 0 Å². The number of benzene rings is 2. The van der Waals surface area contributed by atoms with Crippen molar-refractivity contribution in [2.75, 3.05) is 32.6 Å². The standard InChI is InChI=1S/C27H31F3N4O4/c1-6-34-26(36)22-20(25(32-34)31-15(2)18-8-7-9-19(23(18)28)24(29)30)12-17(13-21(22)37-4)27(38-5)10-11-33(14-27)16(3)35/h7-9,12-13,15,24H,6,10-11,14H2,1-5H3,(H,31,32)/t15-,27-/m1/s1. The van der Waals surface area contributed by atoms with E-state index in [4.69, 9.17) is 9.47 Å². The van der Waals surface area contributed by atoms with Gasteiger partial charge >= 0.3 is 0 Å². The molecule has 0 unspecified atom stereocenters. The lowest BCUT2D eigenvalue weighted by molar-refractivity contribution is -0.129. The molecule has 0 saturated carbocycles. The zero-order valence-corrected chi connectivity index (χ0v) is 22.0. The first kappa shape index (κ1) is 27.4. The number of rotatable bonds is 8. The molecule has 1 N–H and O–H groups in total. The third-order valence-corrected chi connectivity index (χ3v) is 7.25. The number of likely N-dealkylation sites (tertiary alicyclic amines) is 1. The van der Waals surface area contributed by atoms with Gasteiger partial charge in [0.1, 0.15) is 17.2 Å². The summed E-state index contributed by atoms with van der Waals surface area (Å²) in [5.41, 5.74) is -1.18. The van der Waals surface area contributed by atoms with E-state index < -0.39 is 29.4 Å². The molecule has 38 heavy (non-hydrogen) atoms.